The van der Waals surface area contributed by atoms with Gasteiger partial charge in [0.15, 0.2) is 5.82 Å². The van der Waals surface area contributed by atoms with E-state index in [1.54, 1.807) is 36.6 Å². The van der Waals surface area contributed by atoms with Crippen LogP contribution in [0.15, 0.2) is 65.5 Å². The van der Waals surface area contributed by atoms with Crippen LogP contribution in [-0.2, 0) is 19.8 Å². The highest BCUT2D eigenvalue weighted by molar-refractivity contribution is 7.53. The number of thiophene rings is 1. The topological polar surface area (TPSA) is 70.4 Å². The summed E-state index contributed by atoms with van der Waals surface area (Å²) in [5.74, 6) is 0.495. The fraction of sp³-hybridized carbons (Fsp3) is 0.217. The van der Waals surface area contributed by atoms with Gasteiger partial charge in [0.25, 0.3) is 5.56 Å². The van der Waals surface area contributed by atoms with Crippen molar-refractivity contribution in [3.63, 3.8) is 0 Å². The zero-order valence-corrected chi connectivity index (χ0v) is 20.1. The summed E-state index contributed by atoms with van der Waals surface area (Å²) in [6, 6.07) is 18.2. The van der Waals surface area contributed by atoms with Gasteiger partial charge in [-0.05, 0) is 56.3 Å². The molecule has 0 saturated heterocycles. The first-order valence-electron chi connectivity index (χ1n) is 10.2. The molecule has 0 fully saturated rings. The number of fused-ring (bicyclic) bond motifs is 1. The highest BCUT2D eigenvalue weighted by atomic mass is 35.5. The summed E-state index contributed by atoms with van der Waals surface area (Å²) in [5, 5.41) is 0.991. The summed E-state index contributed by atoms with van der Waals surface area (Å²) in [6.07, 6.45) is 0.161. The van der Waals surface area contributed by atoms with Gasteiger partial charge in [0, 0.05) is 9.90 Å². The highest BCUT2D eigenvalue weighted by Crippen LogP contribution is 2.52. The number of benzene rings is 2. The molecular weight excluding hydrogens is 467 g/mol. The summed E-state index contributed by atoms with van der Waals surface area (Å²) >= 11 is 7.56. The normalized spacial score (nSPS) is 11.8. The van der Waals surface area contributed by atoms with Crippen molar-refractivity contribution in [2.24, 2.45) is 0 Å². The second-order valence-electron chi connectivity index (χ2n) is 6.94. The van der Waals surface area contributed by atoms with Gasteiger partial charge in [0.05, 0.1) is 40.8 Å². The minimum atomic E-state index is -3.24. The van der Waals surface area contributed by atoms with Crippen molar-refractivity contribution in [3.8, 4) is 16.4 Å². The first kappa shape index (κ1) is 22.9. The molecule has 0 amide bonds. The van der Waals surface area contributed by atoms with Crippen LogP contribution in [0.4, 0.5) is 0 Å². The average Bonchev–Trinajstić information content (AvgIpc) is 3.22. The molecule has 0 aliphatic carbocycles. The lowest BCUT2D eigenvalue weighted by atomic mass is 10.2. The van der Waals surface area contributed by atoms with Crippen molar-refractivity contribution in [2.45, 2.75) is 20.0 Å². The van der Waals surface area contributed by atoms with E-state index in [9.17, 15) is 9.36 Å². The lowest BCUT2D eigenvalue weighted by Gasteiger charge is -2.16. The predicted octanol–water partition coefficient (Wildman–Crippen LogP) is 6.53. The zero-order chi connectivity index (χ0) is 22.7. The maximum absolute atomic E-state index is 13.4. The molecule has 0 spiro atoms. The van der Waals surface area contributed by atoms with Crippen LogP contribution in [0.2, 0.25) is 5.02 Å². The summed E-state index contributed by atoms with van der Waals surface area (Å²) in [7, 11) is -3.24. The number of rotatable bonds is 8. The van der Waals surface area contributed by atoms with Gasteiger partial charge in [-0.1, -0.05) is 29.8 Å². The van der Waals surface area contributed by atoms with Crippen molar-refractivity contribution in [3.05, 3.63) is 80.9 Å². The maximum atomic E-state index is 13.4. The standard InChI is InChI=1S/C23H22ClN2O4PS/c1-3-29-31(28,30-4-2)15-18-11-13-21(32-18)22-25-20-14-16(24)10-12-19(20)23(27)26(22)17-8-6-5-7-9-17/h5-14H,3-4,15H2,1-2H3. The van der Waals surface area contributed by atoms with E-state index in [2.05, 4.69) is 0 Å². The largest absolute Gasteiger partial charge is 0.335 e. The molecule has 0 unspecified atom stereocenters. The first-order chi connectivity index (χ1) is 15.4. The molecule has 2 heterocycles. The smallest absolute Gasteiger partial charge is 0.309 e. The van der Waals surface area contributed by atoms with Crippen LogP contribution in [0.25, 0.3) is 27.3 Å². The monoisotopic (exact) mass is 488 g/mol. The summed E-state index contributed by atoms with van der Waals surface area (Å²) < 4.78 is 25.4. The molecule has 0 radical (unpaired) electrons. The lowest BCUT2D eigenvalue weighted by Crippen LogP contribution is -2.21. The molecule has 0 bridgehead atoms. The van der Waals surface area contributed by atoms with Gasteiger partial charge in [-0.2, -0.15) is 0 Å². The molecule has 0 aliphatic heterocycles. The van der Waals surface area contributed by atoms with Crippen LogP contribution in [0.1, 0.15) is 18.7 Å². The van der Waals surface area contributed by atoms with Crippen molar-refractivity contribution in [1.29, 1.82) is 0 Å². The van der Waals surface area contributed by atoms with E-state index in [1.165, 1.54) is 11.3 Å². The third-order valence-corrected chi connectivity index (χ3v) is 8.29. The third kappa shape index (κ3) is 4.72. The molecule has 0 atom stereocenters. The fourth-order valence-electron chi connectivity index (χ4n) is 3.44. The van der Waals surface area contributed by atoms with Gasteiger partial charge in [0.1, 0.15) is 0 Å². The molecule has 2 aromatic heterocycles. The Morgan fingerprint density at radius 2 is 1.75 bits per heavy atom. The first-order valence-corrected chi connectivity index (χ1v) is 13.1. The van der Waals surface area contributed by atoms with Crippen LogP contribution >= 0.6 is 30.5 Å². The molecule has 9 heteroatoms. The summed E-state index contributed by atoms with van der Waals surface area (Å²) in [5.41, 5.74) is 1.05. The third-order valence-electron chi connectivity index (χ3n) is 4.73. The van der Waals surface area contributed by atoms with Crippen molar-refractivity contribution >= 4 is 41.4 Å². The van der Waals surface area contributed by atoms with Gasteiger partial charge < -0.3 is 9.05 Å². The Labute approximate surface area is 194 Å². The number of nitrogens with zero attached hydrogens (tertiary/aromatic N) is 2. The molecule has 0 saturated carbocycles. The molecule has 2 aromatic carbocycles. The van der Waals surface area contributed by atoms with Crippen LogP contribution in [0.3, 0.4) is 0 Å². The second kappa shape index (κ2) is 9.69. The molecule has 166 valence electrons. The van der Waals surface area contributed by atoms with Crippen molar-refractivity contribution in [1.82, 2.24) is 9.55 Å². The molecule has 4 aromatic rings. The molecule has 0 N–H and O–H groups in total. The number of aromatic nitrogens is 2. The van der Waals surface area contributed by atoms with E-state index in [-0.39, 0.29) is 11.7 Å². The zero-order valence-electron chi connectivity index (χ0n) is 17.7. The van der Waals surface area contributed by atoms with Crippen molar-refractivity contribution in [2.75, 3.05) is 13.2 Å². The minimum Gasteiger partial charge on any atom is -0.309 e. The van der Waals surface area contributed by atoms with E-state index >= 15 is 0 Å². The Kier molecular flexibility index (Phi) is 6.93. The Balaban J connectivity index is 1.86. The van der Waals surface area contributed by atoms with E-state index in [0.717, 1.165) is 9.75 Å². The van der Waals surface area contributed by atoms with Crippen molar-refractivity contribution < 1.29 is 13.6 Å². The summed E-state index contributed by atoms with van der Waals surface area (Å²) in [4.78, 5) is 19.8. The van der Waals surface area contributed by atoms with Gasteiger partial charge in [-0.15, -0.1) is 11.3 Å². The Hall–Kier alpha value is -2.28. The minimum absolute atomic E-state index is 0.161. The second-order valence-corrected chi connectivity index (χ2v) is 10.6. The van der Waals surface area contributed by atoms with Crippen LogP contribution in [0.5, 0.6) is 0 Å². The van der Waals surface area contributed by atoms with Gasteiger partial charge in [-0.25, -0.2) is 4.98 Å². The number of para-hydroxylation sites is 1. The summed E-state index contributed by atoms with van der Waals surface area (Å²) in [6.45, 7) is 4.18. The molecule has 32 heavy (non-hydrogen) atoms. The SMILES string of the molecule is CCOP(=O)(Cc1ccc(-c2nc3cc(Cl)ccc3c(=O)n2-c2ccccc2)s1)OCC. The van der Waals surface area contributed by atoms with Gasteiger partial charge >= 0.3 is 7.60 Å². The van der Waals surface area contributed by atoms with E-state index in [0.29, 0.717) is 40.7 Å². The van der Waals surface area contributed by atoms with Gasteiger partial charge in [-0.3, -0.25) is 13.9 Å². The molecule has 0 aliphatic rings. The van der Waals surface area contributed by atoms with E-state index in [1.807, 2.05) is 42.5 Å². The predicted molar refractivity (Wildman–Crippen MR) is 130 cm³/mol. The van der Waals surface area contributed by atoms with Crippen LogP contribution in [-0.4, -0.2) is 22.8 Å². The van der Waals surface area contributed by atoms with E-state index < -0.39 is 7.60 Å². The Morgan fingerprint density at radius 1 is 1.03 bits per heavy atom. The number of hydrogen-bond donors (Lipinski definition) is 0. The Bertz CT molecular complexity index is 1340. The van der Waals surface area contributed by atoms with Gasteiger partial charge in [0.2, 0.25) is 0 Å². The number of hydrogen-bond acceptors (Lipinski definition) is 6. The van der Waals surface area contributed by atoms with Crippen LogP contribution in [0, 0.1) is 0 Å². The maximum Gasteiger partial charge on any atom is 0.335 e. The lowest BCUT2D eigenvalue weighted by molar-refractivity contribution is 0.219. The quantitative estimate of drug-likeness (QED) is 0.263. The average molecular weight is 489 g/mol. The number of halogens is 1. The highest BCUT2D eigenvalue weighted by Gasteiger charge is 2.26. The fourth-order valence-corrected chi connectivity index (χ4v) is 6.65. The Morgan fingerprint density at radius 3 is 2.44 bits per heavy atom. The molecular formula is C23H22ClN2O4PS. The molecule has 4 rings (SSSR count). The molecule has 6 nitrogen and oxygen atoms in total. The van der Waals surface area contributed by atoms with E-state index in [4.69, 9.17) is 25.6 Å². The van der Waals surface area contributed by atoms with Crippen LogP contribution < -0.4 is 5.56 Å².